The number of hydrogen-bond acceptors (Lipinski definition) is 5. The summed E-state index contributed by atoms with van der Waals surface area (Å²) in [6.07, 6.45) is 3.13. The molecule has 0 atom stereocenters. The molecule has 120 valence electrons. The Bertz CT molecular complexity index is 666. The number of nitrogens with zero attached hydrogens (tertiary/aromatic N) is 1. The summed E-state index contributed by atoms with van der Waals surface area (Å²) in [5.74, 6) is 0.406. The number of aromatic nitrogens is 1. The molecule has 0 bridgehead atoms. The van der Waals surface area contributed by atoms with Crippen molar-refractivity contribution < 1.29 is 19.4 Å². The van der Waals surface area contributed by atoms with Crippen molar-refractivity contribution in [2.75, 3.05) is 31.7 Å². The Kier molecular flexibility index (Phi) is 4.55. The molecule has 23 heavy (non-hydrogen) atoms. The van der Waals surface area contributed by atoms with Crippen molar-refractivity contribution in [2.45, 2.75) is 0 Å². The summed E-state index contributed by atoms with van der Waals surface area (Å²) in [5.41, 5.74) is 0.818. The van der Waals surface area contributed by atoms with Crippen molar-refractivity contribution in [3.8, 4) is 5.75 Å². The van der Waals surface area contributed by atoms with Gasteiger partial charge in [0.25, 0.3) is 5.91 Å². The molecule has 3 rings (SSSR count). The predicted octanol–water partition coefficient (Wildman–Crippen LogP) is 1.72. The number of carbonyl (C=O) groups excluding carboxylic acids is 1. The van der Waals surface area contributed by atoms with Crippen LogP contribution in [0.5, 0.6) is 5.75 Å². The van der Waals surface area contributed by atoms with Crippen molar-refractivity contribution in [1.29, 1.82) is 0 Å². The molecular weight excluding hydrogens is 296 g/mol. The maximum absolute atomic E-state index is 12.1. The lowest BCUT2D eigenvalue weighted by Gasteiger charge is -2.39. The number of nitrogens with one attached hydrogen (secondary N) is 1. The van der Waals surface area contributed by atoms with Crippen molar-refractivity contribution >= 4 is 11.6 Å². The highest BCUT2D eigenvalue weighted by Crippen LogP contribution is 2.28. The van der Waals surface area contributed by atoms with Gasteiger partial charge in [-0.3, -0.25) is 9.78 Å². The molecule has 1 aromatic carbocycles. The summed E-state index contributed by atoms with van der Waals surface area (Å²) in [6.45, 7) is 1.41. The second kappa shape index (κ2) is 6.76. The van der Waals surface area contributed by atoms with E-state index in [1.54, 1.807) is 36.5 Å². The Morgan fingerprint density at radius 3 is 2.87 bits per heavy atom. The Hall–Kier alpha value is -2.44. The number of rotatable bonds is 6. The molecule has 2 N–H and O–H groups in total. The van der Waals surface area contributed by atoms with Gasteiger partial charge < -0.3 is 19.9 Å². The van der Waals surface area contributed by atoms with E-state index in [1.807, 2.05) is 6.07 Å². The van der Waals surface area contributed by atoms with Crippen LogP contribution < -0.4 is 10.1 Å². The van der Waals surface area contributed by atoms with Gasteiger partial charge in [-0.25, -0.2) is 0 Å². The van der Waals surface area contributed by atoms with E-state index in [1.165, 1.54) is 6.20 Å². The Morgan fingerprint density at radius 1 is 1.35 bits per heavy atom. The third kappa shape index (κ3) is 3.67. The zero-order chi connectivity index (χ0) is 16.1. The van der Waals surface area contributed by atoms with Gasteiger partial charge >= 0.3 is 0 Å². The molecule has 0 radical (unpaired) electrons. The van der Waals surface area contributed by atoms with Crippen molar-refractivity contribution in [3.63, 3.8) is 0 Å². The summed E-state index contributed by atoms with van der Waals surface area (Å²) in [7, 11) is 0. The molecule has 6 nitrogen and oxygen atoms in total. The van der Waals surface area contributed by atoms with Crippen LogP contribution in [0.2, 0.25) is 0 Å². The van der Waals surface area contributed by atoms with Gasteiger partial charge in [0, 0.05) is 24.1 Å². The van der Waals surface area contributed by atoms with E-state index < -0.39 is 0 Å². The van der Waals surface area contributed by atoms with Crippen LogP contribution in [-0.4, -0.2) is 42.4 Å². The molecule has 0 saturated carbocycles. The van der Waals surface area contributed by atoms with E-state index in [4.69, 9.17) is 9.47 Å². The van der Waals surface area contributed by atoms with E-state index in [2.05, 4.69) is 10.3 Å². The minimum absolute atomic E-state index is 0.0322. The summed E-state index contributed by atoms with van der Waals surface area (Å²) in [4.78, 5) is 16.0. The number of aliphatic hydroxyl groups is 1. The first-order valence-electron chi connectivity index (χ1n) is 7.34. The molecule has 1 aliphatic rings. The first-order chi connectivity index (χ1) is 11.2. The van der Waals surface area contributed by atoms with Crippen molar-refractivity contribution in [2.24, 2.45) is 5.41 Å². The van der Waals surface area contributed by atoms with E-state index in [-0.39, 0.29) is 17.9 Å². The molecule has 0 aliphatic carbocycles. The van der Waals surface area contributed by atoms with Crippen LogP contribution in [0.1, 0.15) is 10.4 Å². The minimum atomic E-state index is -0.311. The van der Waals surface area contributed by atoms with Gasteiger partial charge in [-0.15, -0.1) is 0 Å². The third-order valence-corrected chi connectivity index (χ3v) is 3.71. The average Bonchev–Trinajstić information content (AvgIpc) is 2.55. The van der Waals surface area contributed by atoms with Crippen LogP contribution in [0.3, 0.4) is 0 Å². The lowest BCUT2D eigenvalue weighted by atomic mass is 9.88. The molecule has 1 aliphatic heterocycles. The largest absolute Gasteiger partial charge is 0.493 e. The number of benzene rings is 1. The average molecular weight is 314 g/mol. The fourth-order valence-corrected chi connectivity index (χ4v) is 2.21. The Labute approximate surface area is 134 Å². The monoisotopic (exact) mass is 314 g/mol. The van der Waals surface area contributed by atoms with Gasteiger partial charge in [-0.1, -0.05) is 6.07 Å². The topological polar surface area (TPSA) is 80.7 Å². The van der Waals surface area contributed by atoms with Crippen LogP contribution in [0.25, 0.3) is 0 Å². The SMILES string of the molecule is O=C(Nc1cccc(OCC2(CO)COC2)c1)c1cccnc1. The summed E-state index contributed by atoms with van der Waals surface area (Å²) in [5, 5.41) is 12.2. The van der Waals surface area contributed by atoms with Crippen LogP contribution in [-0.2, 0) is 4.74 Å². The quantitative estimate of drug-likeness (QED) is 0.848. The van der Waals surface area contributed by atoms with Gasteiger partial charge in [0.15, 0.2) is 0 Å². The minimum Gasteiger partial charge on any atom is -0.493 e. The first kappa shape index (κ1) is 15.5. The summed E-state index contributed by atoms with van der Waals surface area (Å²) < 4.78 is 10.9. The zero-order valence-electron chi connectivity index (χ0n) is 12.6. The van der Waals surface area contributed by atoms with E-state index in [0.29, 0.717) is 36.8 Å². The van der Waals surface area contributed by atoms with Gasteiger partial charge in [0.05, 0.1) is 30.8 Å². The lowest BCUT2D eigenvalue weighted by molar-refractivity contribution is -0.153. The predicted molar refractivity (Wildman–Crippen MR) is 84.5 cm³/mol. The van der Waals surface area contributed by atoms with Gasteiger partial charge in [0.2, 0.25) is 0 Å². The number of hydrogen-bond donors (Lipinski definition) is 2. The highest BCUT2D eigenvalue weighted by Gasteiger charge is 2.39. The number of carbonyl (C=O) groups is 1. The number of aliphatic hydroxyl groups excluding tert-OH is 1. The van der Waals surface area contributed by atoms with E-state index >= 15 is 0 Å². The normalized spacial score (nSPS) is 15.5. The molecule has 0 spiro atoms. The third-order valence-electron chi connectivity index (χ3n) is 3.71. The fourth-order valence-electron chi connectivity index (χ4n) is 2.21. The maximum Gasteiger partial charge on any atom is 0.257 e. The molecule has 1 fully saturated rings. The van der Waals surface area contributed by atoms with Crippen LogP contribution in [0.4, 0.5) is 5.69 Å². The lowest BCUT2D eigenvalue weighted by Crippen LogP contribution is -2.49. The number of amides is 1. The standard InChI is InChI=1S/C17H18N2O4/c20-9-17(10-22-11-17)12-23-15-5-1-4-14(7-15)19-16(21)13-3-2-6-18-8-13/h1-8,20H,9-12H2,(H,19,21). The first-order valence-corrected chi connectivity index (χ1v) is 7.34. The number of anilines is 1. The Morgan fingerprint density at radius 2 is 2.22 bits per heavy atom. The fraction of sp³-hybridized carbons (Fsp3) is 0.294. The van der Waals surface area contributed by atoms with Crippen molar-refractivity contribution in [1.82, 2.24) is 4.98 Å². The highest BCUT2D eigenvalue weighted by molar-refractivity contribution is 6.04. The second-order valence-electron chi connectivity index (χ2n) is 5.66. The molecule has 6 heteroatoms. The molecule has 2 heterocycles. The molecule has 0 unspecified atom stereocenters. The van der Waals surface area contributed by atoms with Gasteiger partial charge in [-0.2, -0.15) is 0 Å². The molecule has 1 amide bonds. The Balaban J connectivity index is 1.62. The van der Waals surface area contributed by atoms with Crippen LogP contribution >= 0.6 is 0 Å². The molecule has 2 aromatic rings. The molecule has 1 saturated heterocycles. The van der Waals surface area contributed by atoms with E-state index in [9.17, 15) is 9.90 Å². The summed E-state index contributed by atoms with van der Waals surface area (Å²) in [6, 6.07) is 10.6. The highest BCUT2D eigenvalue weighted by atomic mass is 16.5. The van der Waals surface area contributed by atoms with Gasteiger partial charge in [0.1, 0.15) is 12.4 Å². The maximum atomic E-state index is 12.1. The zero-order valence-corrected chi connectivity index (χ0v) is 12.6. The van der Waals surface area contributed by atoms with Gasteiger partial charge in [-0.05, 0) is 24.3 Å². The van der Waals surface area contributed by atoms with Crippen molar-refractivity contribution in [3.05, 3.63) is 54.4 Å². The smallest absolute Gasteiger partial charge is 0.257 e. The number of pyridine rings is 1. The number of ether oxygens (including phenoxy) is 2. The second-order valence-corrected chi connectivity index (χ2v) is 5.66. The molecule has 1 aromatic heterocycles. The van der Waals surface area contributed by atoms with Crippen LogP contribution in [0.15, 0.2) is 48.8 Å². The molecular formula is C17H18N2O4. The van der Waals surface area contributed by atoms with E-state index in [0.717, 1.165) is 0 Å². The van der Waals surface area contributed by atoms with Crippen LogP contribution in [0, 0.1) is 5.41 Å². The summed E-state index contributed by atoms with van der Waals surface area (Å²) >= 11 is 0.